The maximum Gasteiger partial charge on any atom is 0.320 e. The Morgan fingerprint density at radius 1 is 1.40 bits per heavy atom. The number of aliphatic carboxylic acids is 1. The number of hydrogen-bond donors (Lipinski definition) is 1. The van der Waals surface area contributed by atoms with Crippen LogP contribution in [0.25, 0.3) is 0 Å². The highest BCUT2D eigenvalue weighted by atomic mass is 16.4. The van der Waals surface area contributed by atoms with Crippen LogP contribution in [0.1, 0.15) is 19.3 Å². The van der Waals surface area contributed by atoms with Gasteiger partial charge in [-0.25, -0.2) is 0 Å². The Kier molecular flexibility index (Phi) is 1.20. The molecule has 2 atom stereocenters. The number of nitrogens with zero attached hydrogens (tertiary/aromatic N) is 1. The molecule has 2 fully saturated rings. The molecule has 0 aromatic carbocycles. The van der Waals surface area contributed by atoms with Crippen molar-refractivity contribution in [1.29, 1.82) is 0 Å². The number of hydrogen-bond acceptors (Lipinski definition) is 2. The van der Waals surface area contributed by atoms with Crippen molar-refractivity contribution in [1.82, 2.24) is 4.90 Å². The van der Waals surface area contributed by atoms with Crippen LogP contribution in [0.5, 0.6) is 0 Å². The Balaban J connectivity index is 2.05. The lowest BCUT2D eigenvalue weighted by molar-refractivity contribution is -0.144. The van der Waals surface area contributed by atoms with Crippen LogP contribution in [0, 0.1) is 0 Å². The van der Waals surface area contributed by atoms with Gasteiger partial charge < -0.3 is 5.11 Å². The molecule has 0 radical (unpaired) electrons. The molecule has 0 aromatic heterocycles. The molecule has 10 heavy (non-hydrogen) atoms. The van der Waals surface area contributed by atoms with E-state index in [-0.39, 0.29) is 6.04 Å². The average Bonchev–Trinajstić information content (AvgIpc) is 2.07. The van der Waals surface area contributed by atoms with Crippen LogP contribution in [0.3, 0.4) is 0 Å². The Morgan fingerprint density at radius 2 is 2.20 bits per heavy atom. The van der Waals surface area contributed by atoms with Crippen molar-refractivity contribution in [2.24, 2.45) is 0 Å². The molecule has 3 nitrogen and oxygen atoms in total. The second kappa shape index (κ2) is 1.95. The fraction of sp³-hybridized carbons (Fsp3) is 0.857. The summed E-state index contributed by atoms with van der Waals surface area (Å²) >= 11 is 0. The fourth-order valence-electron chi connectivity index (χ4n) is 1.96. The molecule has 0 bridgehead atoms. The van der Waals surface area contributed by atoms with Crippen LogP contribution in [0.4, 0.5) is 0 Å². The first-order valence-electron chi connectivity index (χ1n) is 3.77. The summed E-state index contributed by atoms with van der Waals surface area (Å²) in [6, 6.07) is 0.458. The molecular formula is C7H11NO2. The summed E-state index contributed by atoms with van der Waals surface area (Å²) in [4.78, 5) is 12.6. The van der Waals surface area contributed by atoms with Crippen LogP contribution >= 0.6 is 0 Å². The average molecular weight is 141 g/mol. The maximum atomic E-state index is 10.5. The summed E-state index contributed by atoms with van der Waals surface area (Å²) in [6.07, 6.45) is 3.17. The molecule has 56 valence electrons. The highest BCUT2D eigenvalue weighted by molar-refractivity contribution is 5.74. The van der Waals surface area contributed by atoms with E-state index in [1.165, 1.54) is 6.42 Å². The van der Waals surface area contributed by atoms with Gasteiger partial charge in [-0.05, 0) is 19.3 Å². The van der Waals surface area contributed by atoms with Gasteiger partial charge >= 0.3 is 5.97 Å². The molecule has 0 aromatic rings. The number of carboxylic acids is 1. The van der Waals surface area contributed by atoms with Crippen molar-refractivity contribution < 1.29 is 9.90 Å². The zero-order chi connectivity index (χ0) is 7.14. The smallest absolute Gasteiger partial charge is 0.320 e. The molecule has 2 saturated heterocycles. The predicted octanol–water partition coefficient (Wildman–Crippen LogP) is 0.308. The minimum absolute atomic E-state index is 0.154. The highest BCUT2D eigenvalue weighted by Crippen LogP contribution is 2.33. The second-order valence-electron chi connectivity index (χ2n) is 3.11. The Bertz CT molecular complexity index is 169. The normalized spacial score (nSPS) is 38.8. The van der Waals surface area contributed by atoms with Crippen LogP contribution in [0.15, 0.2) is 0 Å². The first-order chi connectivity index (χ1) is 4.79. The summed E-state index contributed by atoms with van der Waals surface area (Å²) in [5.74, 6) is -0.637. The standard InChI is InChI=1S/C7H11NO2/c9-7(10)6-2-1-5-3-4-8(5)6/h5-6H,1-4H2,(H,9,10). The third kappa shape index (κ3) is 0.669. The van der Waals surface area contributed by atoms with Gasteiger partial charge in [-0.2, -0.15) is 0 Å². The van der Waals surface area contributed by atoms with Gasteiger partial charge in [-0.3, -0.25) is 9.69 Å². The van der Waals surface area contributed by atoms with Gasteiger partial charge in [0.2, 0.25) is 0 Å². The topological polar surface area (TPSA) is 40.5 Å². The minimum Gasteiger partial charge on any atom is -0.480 e. The summed E-state index contributed by atoms with van der Waals surface area (Å²) in [7, 11) is 0. The molecule has 0 aliphatic carbocycles. The first kappa shape index (κ1) is 6.16. The van der Waals surface area contributed by atoms with Crippen LogP contribution in [0.2, 0.25) is 0 Å². The van der Waals surface area contributed by atoms with Crippen molar-refractivity contribution >= 4 is 5.97 Å². The molecule has 2 unspecified atom stereocenters. The van der Waals surface area contributed by atoms with Gasteiger partial charge in [-0.15, -0.1) is 0 Å². The van der Waals surface area contributed by atoms with E-state index in [9.17, 15) is 4.79 Å². The quantitative estimate of drug-likeness (QED) is 0.571. The maximum absolute atomic E-state index is 10.5. The zero-order valence-electron chi connectivity index (χ0n) is 5.79. The SMILES string of the molecule is O=C(O)C1CCC2CCN21. The second-order valence-corrected chi connectivity index (χ2v) is 3.11. The van der Waals surface area contributed by atoms with E-state index in [0.717, 1.165) is 19.4 Å². The predicted molar refractivity (Wildman–Crippen MR) is 35.8 cm³/mol. The molecular weight excluding hydrogens is 130 g/mol. The number of rotatable bonds is 1. The molecule has 3 heteroatoms. The van der Waals surface area contributed by atoms with Gasteiger partial charge in [-0.1, -0.05) is 0 Å². The van der Waals surface area contributed by atoms with Gasteiger partial charge in [0, 0.05) is 12.6 Å². The van der Waals surface area contributed by atoms with E-state index in [4.69, 9.17) is 5.11 Å². The molecule has 2 aliphatic rings. The van der Waals surface area contributed by atoms with E-state index in [0.29, 0.717) is 6.04 Å². The van der Waals surface area contributed by atoms with Crippen molar-refractivity contribution in [2.45, 2.75) is 31.3 Å². The molecule has 2 rings (SSSR count). The fourth-order valence-corrected chi connectivity index (χ4v) is 1.96. The monoisotopic (exact) mass is 141 g/mol. The number of carboxylic acid groups (broad SMARTS) is 1. The van der Waals surface area contributed by atoms with Gasteiger partial charge in [0.15, 0.2) is 0 Å². The third-order valence-corrected chi connectivity index (χ3v) is 2.65. The molecule has 0 spiro atoms. The molecule has 1 N–H and O–H groups in total. The van der Waals surface area contributed by atoms with E-state index < -0.39 is 5.97 Å². The molecule has 2 heterocycles. The Hall–Kier alpha value is -0.570. The first-order valence-corrected chi connectivity index (χ1v) is 3.77. The summed E-state index contributed by atoms with van der Waals surface area (Å²) in [5.41, 5.74) is 0. The van der Waals surface area contributed by atoms with E-state index in [1.807, 2.05) is 0 Å². The minimum atomic E-state index is -0.637. The van der Waals surface area contributed by atoms with Gasteiger partial charge in [0.1, 0.15) is 6.04 Å². The van der Waals surface area contributed by atoms with Crippen LogP contribution < -0.4 is 0 Å². The molecule has 2 aliphatic heterocycles. The van der Waals surface area contributed by atoms with E-state index in [2.05, 4.69) is 4.90 Å². The summed E-state index contributed by atoms with van der Waals surface area (Å²) in [5, 5.41) is 8.69. The van der Waals surface area contributed by atoms with E-state index in [1.54, 1.807) is 0 Å². The molecule has 0 saturated carbocycles. The number of fused-ring (bicyclic) bond motifs is 1. The van der Waals surface area contributed by atoms with Crippen molar-refractivity contribution in [3.05, 3.63) is 0 Å². The zero-order valence-corrected chi connectivity index (χ0v) is 5.79. The van der Waals surface area contributed by atoms with Crippen molar-refractivity contribution in [2.75, 3.05) is 6.54 Å². The van der Waals surface area contributed by atoms with Gasteiger partial charge in [0.25, 0.3) is 0 Å². The molecule has 0 amide bonds. The Morgan fingerprint density at radius 3 is 2.50 bits per heavy atom. The summed E-state index contributed by atoms with van der Waals surface area (Å²) in [6.45, 7) is 1.00. The van der Waals surface area contributed by atoms with Crippen molar-refractivity contribution in [3.8, 4) is 0 Å². The highest BCUT2D eigenvalue weighted by Gasteiger charge is 2.42. The van der Waals surface area contributed by atoms with Crippen molar-refractivity contribution in [3.63, 3.8) is 0 Å². The Labute approximate surface area is 59.6 Å². The lowest BCUT2D eigenvalue weighted by atomic mass is 10.1. The lowest BCUT2D eigenvalue weighted by Gasteiger charge is -2.37. The van der Waals surface area contributed by atoms with Gasteiger partial charge in [0.05, 0.1) is 0 Å². The lowest BCUT2D eigenvalue weighted by Crippen LogP contribution is -2.49. The van der Waals surface area contributed by atoms with E-state index >= 15 is 0 Å². The largest absolute Gasteiger partial charge is 0.480 e. The van der Waals surface area contributed by atoms with Crippen LogP contribution in [-0.4, -0.2) is 34.6 Å². The van der Waals surface area contributed by atoms with Crippen LogP contribution in [-0.2, 0) is 4.79 Å². The summed E-state index contributed by atoms with van der Waals surface area (Å²) < 4.78 is 0. The number of carbonyl (C=O) groups is 1. The third-order valence-electron chi connectivity index (χ3n) is 2.65.